The van der Waals surface area contributed by atoms with E-state index in [1.54, 1.807) is 11.1 Å². The Labute approximate surface area is 99.9 Å². The van der Waals surface area contributed by atoms with Crippen molar-refractivity contribution in [2.24, 2.45) is 22.7 Å². The second kappa shape index (κ2) is 3.35. The molecule has 0 aliphatic heterocycles. The molecule has 0 amide bonds. The van der Waals surface area contributed by atoms with Gasteiger partial charge in [-0.05, 0) is 35.5 Å². The van der Waals surface area contributed by atoms with E-state index in [-0.39, 0.29) is 11.5 Å². The van der Waals surface area contributed by atoms with Crippen LogP contribution in [0.3, 0.4) is 0 Å². The Bertz CT molecular complexity index is 303. The van der Waals surface area contributed by atoms with Crippen LogP contribution < -0.4 is 0 Å². The second-order valence-corrected chi connectivity index (χ2v) is 7.08. The van der Waals surface area contributed by atoms with E-state index >= 15 is 0 Å². The molecule has 2 aliphatic rings. The summed E-state index contributed by atoms with van der Waals surface area (Å²) in [6.07, 6.45) is 1.87. The molecular formula is C15H26O. The molecule has 0 spiro atoms. The molecule has 0 aromatic carbocycles. The highest BCUT2D eigenvalue weighted by molar-refractivity contribution is 5.37. The molecule has 0 radical (unpaired) electrons. The molecule has 0 aromatic heterocycles. The highest BCUT2D eigenvalue weighted by atomic mass is 16.3. The van der Waals surface area contributed by atoms with Crippen molar-refractivity contribution in [3.05, 3.63) is 11.1 Å². The molecule has 0 fully saturated rings. The quantitative estimate of drug-likeness (QED) is 0.618. The maximum absolute atomic E-state index is 10.1. The lowest BCUT2D eigenvalue weighted by atomic mass is 9.69. The number of aliphatic hydroxyl groups excluding tert-OH is 1. The van der Waals surface area contributed by atoms with E-state index in [4.69, 9.17) is 0 Å². The van der Waals surface area contributed by atoms with Crippen LogP contribution in [0.25, 0.3) is 0 Å². The lowest BCUT2D eigenvalue weighted by Crippen LogP contribution is -2.28. The number of allylic oxidation sites excluding steroid dienone is 1. The first-order chi connectivity index (χ1) is 7.19. The van der Waals surface area contributed by atoms with Crippen LogP contribution in [-0.4, -0.2) is 11.2 Å². The minimum atomic E-state index is -0.126. The van der Waals surface area contributed by atoms with E-state index in [9.17, 15) is 5.11 Å². The number of hydrogen-bond acceptors (Lipinski definition) is 1. The average molecular weight is 222 g/mol. The summed E-state index contributed by atoms with van der Waals surface area (Å²) in [7, 11) is 0. The first-order valence-corrected chi connectivity index (χ1v) is 6.60. The van der Waals surface area contributed by atoms with Crippen molar-refractivity contribution in [3.8, 4) is 0 Å². The Morgan fingerprint density at radius 1 is 0.938 bits per heavy atom. The van der Waals surface area contributed by atoms with Crippen LogP contribution in [0.2, 0.25) is 0 Å². The molecule has 3 atom stereocenters. The minimum Gasteiger partial charge on any atom is -0.393 e. The van der Waals surface area contributed by atoms with Gasteiger partial charge < -0.3 is 5.11 Å². The summed E-state index contributed by atoms with van der Waals surface area (Å²) < 4.78 is 0. The number of rotatable bonds is 0. The molecular weight excluding hydrogens is 196 g/mol. The Kier molecular flexibility index (Phi) is 2.55. The zero-order valence-corrected chi connectivity index (χ0v) is 11.6. The molecule has 0 saturated carbocycles. The molecule has 0 saturated heterocycles. The van der Waals surface area contributed by atoms with E-state index in [0.717, 1.165) is 12.8 Å². The van der Waals surface area contributed by atoms with Crippen LogP contribution in [0.1, 0.15) is 54.4 Å². The normalized spacial score (nSPS) is 41.1. The van der Waals surface area contributed by atoms with Gasteiger partial charge in [0.1, 0.15) is 0 Å². The third kappa shape index (κ3) is 1.40. The smallest absolute Gasteiger partial charge is 0.0606 e. The van der Waals surface area contributed by atoms with Crippen molar-refractivity contribution < 1.29 is 5.11 Å². The van der Waals surface area contributed by atoms with Crippen LogP contribution in [0.4, 0.5) is 0 Å². The standard InChI is InChI=1S/C15H26O/c1-9-7-11-12(8-13(9)16)15(5,6)10(2)14(11,3)4/h9-10,13,16H,7-8H2,1-6H3. The van der Waals surface area contributed by atoms with Crippen molar-refractivity contribution in [2.45, 2.75) is 60.5 Å². The van der Waals surface area contributed by atoms with Crippen LogP contribution in [0.5, 0.6) is 0 Å². The van der Waals surface area contributed by atoms with Crippen LogP contribution in [0, 0.1) is 22.7 Å². The van der Waals surface area contributed by atoms with E-state index in [0.29, 0.717) is 17.3 Å². The molecule has 0 aromatic rings. The van der Waals surface area contributed by atoms with E-state index in [1.807, 2.05) is 0 Å². The predicted octanol–water partition coefficient (Wildman–Crippen LogP) is 3.78. The Morgan fingerprint density at radius 3 is 1.88 bits per heavy atom. The SMILES string of the molecule is CC1CC2=C(CC1O)C(C)(C)C(C)C2(C)C. The zero-order valence-electron chi connectivity index (χ0n) is 11.6. The molecule has 3 unspecified atom stereocenters. The monoisotopic (exact) mass is 222 g/mol. The molecule has 16 heavy (non-hydrogen) atoms. The van der Waals surface area contributed by atoms with Crippen LogP contribution in [-0.2, 0) is 0 Å². The van der Waals surface area contributed by atoms with Crippen molar-refractivity contribution in [1.82, 2.24) is 0 Å². The molecule has 1 heteroatoms. The van der Waals surface area contributed by atoms with Gasteiger partial charge in [0.05, 0.1) is 6.10 Å². The summed E-state index contributed by atoms with van der Waals surface area (Å²) in [6.45, 7) is 14.0. The number of hydrogen-bond donors (Lipinski definition) is 1. The fourth-order valence-electron chi connectivity index (χ4n) is 3.84. The van der Waals surface area contributed by atoms with Gasteiger partial charge in [0, 0.05) is 0 Å². The molecule has 1 N–H and O–H groups in total. The molecule has 0 heterocycles. The van der Waals surface area contributed by atoms with Gasteiger partial charge in [-0.3, -0.25) is 0 Å². The van der Waals surface area contributed by atoms with Crippen molar-refractivity contribution in [2.75, 3.05) is 0 Å². The van der Waals surface area contributed by atoms with Gasteiger partial charge in [0.15, 0.2) is 0 Å². The summed E-state index contributed by atoms with van der Waals surface area (Å²) in [5.41, 5.74) is 3.77. The third-order valence-corrected chi connectivity index (χ3v) is 5.68. The summed E-state index contributed by atoms with van der Waals surface area (Å²) in [5.74, 6) is 1.10. The predicted molar refractivity (Wildman–Crippen MR) is 68.2 cm³/mol. The summed E-state index contributed by atoms with van der Waals surface area (Å²) in [4.78, 5) is 0. The topological polar surface area (TPSA) is 20.2 Å². The average Bonchev–Trinajstić information content (AvgIpc) is 2.29. The maximum Gasteiger partial charge on any atom is 0.0606 e. The second-order valence-electron chi connectivity index (χ2n) is 7.08. The maximum atomic E-state index is 10.1. The highest BCUT2D eigenvalue weighted by Crippen LogP contribution is 2.61. The van der Waals surface area contributed by atoms with Gasteiger partial charge in [-0.25, -0.2) is 0 Å². The highest BCUT2D eigenvalue weighted by Gasteiger charge is 2.52. The van der Waals surface area contributed by atoms with Gasteiger partial charge in [0.25, 0.3) is 0 Å². The lowest BCUT2D eigenvalue weighted by molar-refractivity contribution is 0.103. The molecule has 2 aliphatic carbocycles. The Balaban J connectivity index is 2.48. The molecule has 92 valence electrons. The molecule has 1 nitrogen and oxygen atoms in total. The van der Waals surface area contributed by atoms with E-state index in [1.165, 1.54) is 0 Å². The van der Waals surface area contributed by atoms with Crippen LogP contribution in [0.15, 0.2) is 11.1 Å². The fourth-order valence-corrected chi connectivity index (χ4v) is 3.84. The molecule has 2 rings (SSSR count). The van der Waals surface area contributed by atoms with Gasteiger partial charge in [-0.2, -0.15) is 0 Å². The van der Waals surface area contributed by atoms with E-state index < -0.39 is 0 Å². The largest absolute Gasteiger partial charge is 0.393 e. The van der Waals surface area contributed by atoms with Gasteiger partial charge in [-0.1, -0.05) is 52.7 Å². The number of aliphatic hydroxyl groups is 1. The van der Waals surface area contributed by atoms with Crippen molar-refractivity contribution in [1.29, 1.82) is 0 Å². The zero-order chi connectivity index (χ0) is 12.3. The summed E-state index contributed by atoms with van der Waals surface area (Å²) >= 11 is 0. The Hall–Kier alpha value is -0.300. The minimum absolute atomic E-state index is 0.126. The first-order valence-electron chi connectivity index (χ1n) is 6.60. The fraction of sp³-hybridized carbons (Fsp3) is 0.867. The third-order valence-electron chi connectivity index (χ3n) is 5.68. The van der Waals surface area contributed by atoms with Crippen molar-refractivity contribution in [3.63, 3.8) is 0 Å². The lowest BCUT2D eigenvalue weighted by Gasteiger charge is -2.35. The Morgan fingerprint density at radius 2 is 1.38 bits per heavy atom. The van der Waals surface area contributed by atoms with E-state index in [2.05, 4.69) is 41.5 Å². The van der Waals surface area contributed by atoms with Gasteiger partial charge >= 0.3 is 0 Å². The summed E-state index contributed by atoms with van der Waals surface area (Å²) in [5, 5.41) is 10.1. The molecule has 0 bridgehead atoms. The van der Waals surface area contributed by atoms with Gasteiger partial charge in [0.2, 0.25) is 0 Å². The van der Waals surface area contributed by atoms with Gasteiger partial charge in [-0.15, -0.1) is 0 Å². The van der Waals surface area contributed by atoms with Crippen LogP contribution >= 0.6 is 0 Å². The van der Waals surface area contributed by atoms with Crippen molar-refractivity contribution >= 4 is 0 Å². The summed E-state index contributed by atoms with van der Waals surface area (Å²) in [6, 6.07) is 0. The first kappa shape index (κ1) is 12.2.